The Balaban J connectivity index is 1.61. The van der Waals surface area contributed by atoms with Crippen molar-refractivity contribution in [3.05, 3.63) is 66.0 Å². The summed E-state index contributed by atoms with van der Waals surface area (Å²) in [5, 5.41) is 13.6. The Morgan fingerprint density at radius 2 is 2.06 bits per heavy atom. The molecule has 35 heavy (non-hydrogen) atoms. The van der Waals surface area contributed by atoms with Crippen molar-refractivity contribution in [1.29, 1.82) is 0 Å². The number of amides is 1. The predicted molar refractivity (Wildman–Crippen MR) is 142 cm³/mol. The van der Waals surface area contributed by atoms with Crippen LogP contribution in [-0.4, -0.2) is 45.5 Å². The van der Waals surface area contributed by atoms with Crippen LogP contribution in [0.4, 0.5) is 9.39 Å². The average molecular weight is 510 g/mol. The van der Waals surface area contributed by atoms with Crippen LogP contribution in [0, 0.1) is 5.82 Å². The quantitative estimate of drug-likeness (QED) is 0.314. The lowest BCUT2D eigenvalue weighted by Gasteiger charge is -2.45. The molecule has 3 aromatic carbocycles. The van der Waals surface area contributed by atoms with Gasteiger partial charge in [-0.25, -0.2) is 4.39 Å². The molecule has 1 aliphatic heterocycles. The van der Waals surface area contributed by atoms with Crippen molar-refractivity contribution < 1.29 is 14.3 Å². The zero-order chi connectivity index (χ0) is 24.9. The lowest BCUT2D eigenvalue weighted by molar-refractivity contribution is -0.131. The van der Waals surface area contributed by atoms with Crippen molar-refractivity contribution in [2.75, 3.05) is 18.0 Å². The minimum Gasteiger partial charge on any atom is -0.508 e. The Morgan fingerprint density at radius 3 is 2.80 bits per heavy atom. The van der Waals surface area contributed by atoms with Crippen LogP contribution in [0.15, 0.2) is 55.1 Å². The normalized spacial score (nSPS) is 18.4. The highest BCUT2D eigenvalue weighted by Gasteiger charge is 2.35. The van der Waals surface area contributed by atoms with Crippen molar-refractivity contribution in [1.82, 2.24) is 9.27 Å². The first-order valence-electron chi connectivity index (χ1n) is 11.5. The van der Waals surface area contributed by atoms with Crippen LogP contribution in [-0.2, 0) is 4.79 Å². The summed E-state index contributed by atoms with van der Waals surface area (Å²) in [5.74, 6) is -0.540. The number of benzene rings is 3. The molecule has 1 saturated heterocycles. The molecule has 5 rings (SSSR count). The Morgan fingerprint density at radius 1 is 1.29 bits per heavy atom. The smallest absolute Gasteiger partial charge is 0.246 e. The summed E-state index contributed by atoms with van der Waals surface area (Å²) < 4.78 is 20.5. The molecule has 2 atom stereocenters. The summed E-state index contributed by atoms with van der Waals surface area (Å²) in [6.45, 7) is 8.93. The van der Waals surface area contributed by atoms with E-state index in [0.29, 0.717) is 24.0 Å². The van der Waals surface area contributed by atoms with Gasteiger partial charge in [0.1, 0.15) is 16.3 Å². The summed E-state index contributed by atoms with van der Waals surface area (Å²) in [5.41, 5.74) is 1.00. The second kappa shape index (κ2) is 9.13. The summed E-state index contributed by atoms with van der Waals surface area (Å²) in [6.07, 6.45) is 2.15. The van der Waals surface area contributed by atoms with E-state index in [0.717, 1.165) is 22.2 Å². The van der Waals surface area contributed by atoms with Crippen LogP contribution in [0.3, 0.4) is 0 Å². The van der Waals surface area contributed by atoms with E-state index in [2.05, 4.69) is 22.8 Å². The molecule has 1 amide bonds. The van der Waals surface area contributed by atoms with Crippen LogP contribution in [0.2, 0.25) is 5.02 Å². The highest BCUT2D eigenvalue weighted by molar-refractivity contribution is 7.11. The first kappa shape index (κ1) is 23.6. The van der Waals surface area contributed by atoms with Crippen LogP contribution in [0.5, 0.6) is 5.75 Å². The number of hydrogen-bond acceptors (Lipinski definition) is 5. The van der Waals surface area contributed by atoms with E-state index < -0.39 is 5.82 Å². The van der Waals surface area contributed by atoms with Gasteiger partial charge in [-0.3, -0.25) is 4.79 Å². The van der Waals surface area contributed by atoms with Gasteiger partial charge in [0.2, 0.25) is 5.91 Å². The minimum absolute atomic E-state index is 0.0136. The zero-order valence-electron chi connectivity index (χ0n) is 19.5. The van der Waals surface area contributed by atoms with Crippen molar-refractivity contribution >= 4 is 55.7 Å². The van der Waals surface area contributed by atoms with Gasteiger partial charge < -0.3 is 14.9 Å². The fourth-order valence-corrected chi connectivity index (χ4v) is 6.32. The third-order valence-electron chi connectivity index (χ3n) is 6.73. The van der Waals surface area contributed by atoms with Crippen molar-refractivity contribution in [3.8, 4) is 16.9 Å². The Kier molecular flexibility index (Phi) is 6.15. The SMILES string of the molecule is C=CC(=O)N1[C@H](CC)CN(c2snc3c(F)c(-c4cc(O)cc5ccccc45)c(Cl)cc23)C[C@@H]1C. The molecule has 1 aliphatic rings. The minimum atomic E-state index is -0.508. The molecule has 1 fully saturated rings. The van der Waals surface area contributed by atoms with E-state index in [1.54, 1.807) is 12.1 Å². The molecule has 5 nitrogen and oxygen atoms in total. The van der Waals surface area contributed by atoms with Crippen LogP contribution < -0.4 is 4.90 Å². The van der Waals surface area contributed by atoms with Crippen LogP contribution in [0.1, 0.15) is 20.3 Å². The van der Waals surface area contributed by atoms with Gasteiger partial charge in [-0.05, 0) is 65.5 Å². The average Bonchev–Trinajstić information content (AvgIpc) is 3.26. The van der Waals surface area contributed by atoms with Crippen molar-refractivity contribution in [2.24, 2.45) is 0 Å². The molecule has 0 aliphatic carbocycles. The summed E-state index contributed by atoms with van der Waals surface area (Å²) in [6, 6.07) is 12.4. The lowest BCUT2D eigenvalue weighted by Crippen LogP contribution is -2.59. The standard InChI is InChI=1S/C27H25ClFN3O2S/c1-4-17-14-31(13-15(3)32(17)23(34)5-2)27-21-12-22(28)24(25(29)26(21)30-35-27)20-11-18(33)10-16-8-6-7-9-19(16)20/h5-12,15,17,33H,2,4,13-14H2,1,3H3/t15-,17+/m0/s1. The van der Waals surface area contributed by atoms with Gasteiger partial charge in [0, 0.05) is 36.1 Å². The van der Waals surface area contributed by atoms with E-state index in [1.165, 1.54) is 23.7 Å². The van der Waals surface area contributed by atoms with Crippen LogP contribution in [0.25, 0.3) is 32.8 Å². The van der Waals surface area contributed by atoms with Gasteiger partial charge >= 0.3 is 0 Å². The summed E-state index contributed by atoms with van der Waals surface area (Å²) in [7, 11) is 0. The zero-order valence-corrected chi connectivity index (χ0v) is 21.0. The number of hydrogen-bond donors (Lipinski definition) is 1. The van der Waals surface area contributed by atoms with E-state index in [9.17, 15) is 9.90 Å². The van der Waals surface area contributed by atoms with Crippen molar-refractivity contribution in [2.45, 2.75) is 32.4 Å². The van der Waals surface area contributed by atoms with Crippen molar-refractivity contribution in [3.63, 3.8) is 0 Å². The third-order valence-corrected chi connectivity index (χ3v) is 7.96. The molecular formula is C27H25ClFN3O2S. The van der Waals surface area contributed by atoms with E-state index >= 15 is 4.39 Å². The summed E-state index contributed by atoms with van der Waals surface area (Å²) in [4.78, 5) is 16.5. The second-order valence-corrected chi connectivity index (χ2v) is 10.1. The number of carbonyl (C=O) groups is 1. The number of rotatable bonds is 4. The number of nitrogens with zero attached hydrogens (tertiary/aromatic N) is 3. The number of aromatic hydroxyl groups is 1. The van der Waals surface area contributed by atoms with Gasteiger partial charge in [0.25, 0.3) is 0 Å². The molecule has 0 bridgehead atoms. The van der Waals surface area contributed by atoms with Gasteiger partial charge in [-0.1, -0.05) is 49.4 Å². The fourth-order valence-electron chi connectivity index (χ4n) is 5.15. The molecule has 8 heteroatoms. The molecule has 4 aromatic rings. The predicted octanol–water partition coefficient (Wildman–Crippen LogP) is 6.62. The molecule has 0 unspecified atom stereocenters. The molecule has 0 saturated carbocycles. The molecule has 180 valence electrons. The second-order valence-electron chi connectivity index (χ2n) is 8.91. The fraction of sp³-hybridized carbons (Fsp3) is 0.259. The molecule has 2 heterocycles. The van der Waals surface area contributed by atoms with Gasteiger partial charge in [0.15, 0.2) is 5.82 Å². The highest BCUT2D eigenvalue weighted by atomic mass is 35.5. The maximum absolute atomic E-state index is 16.0. The first-order valence-corrected chi connectivity index (χ1v) is 12.7. The van der Waals surface area contributed by atoms with Crippen LogP contribution >= 0.6 is 23.1 Å². The third kappa shape index (κ3) is 3.93. The number of anilines is 1. The molecule has 0 spiro atoms. The first-order chi connectivity index (χ1) is 16.8. The maximum Gasteiger partial charge on any atom is 0.246 e. The largest absolute Gasteiger partial charge is 0.508 e. The Bertz CT molecular complexity index is 1470. The molecule has 0 radical (unpaired) electrons. The topological polar surface area (TPSA) is 56.7 Å². The van der Waals surface area contributed by atoms with Gasteiger partial charge in [0.05, 0.1) is 5.02 Å². The summed E-state index contributed by atoms with van der Waals surface area (Å²) >= 11 is 7.94. The lowest BCUT2D eigenvalue weighted by atomic mass is 9.96. The Hall–Kier alpha value is -3.16. The number of piperazine rings is 1. The molecule has 1 N–H and O–H groups in total. The maximum atomic E-state index is 16.0. The number of phenols is 1. The molecule has 1 aromatic heterocycles. The van der Waals surface area contributed by atoms with E-state index in [-0.39, 0.29) is 39.8 Å². The monoisotopic (exact) mass is 509 g/mol. The number of carbonyl (C=O) groups excluding carboxylic acids is 1. The van der Waals surface area contributed by atoms with E-state index in [4.69, 9.17) is 11.6 Å². The number of fused-ring (bicyclic) bond motifs is 2. The number of halogens is 2. The number of aromatic nitrogens is 1. The Labute approximate surface area is 212 Å². The highest BCUT2D eigenvalue weighted by Crippen LogP contribution is 2.44. The molecular weight excluding hydrogens is 485 g/mol. The van der Waals surface area contributed by atoms with Gasteiger partial charge in [-0.15, -0.1) is 0 Å². The number of phenolic OH excluding ortho intramolecular Hbond substituents is 1. The van der Waals surface area contributed by atoms with E-state index in [1.807, 2.05) is 36.1 Å². The van der Waals surface area contributed by atoms with Gasteiger partial charge in [-0.2, -0.15) is 4.37 Å².